The van der Waals surface area contributed by atoms with E-state index in [0.29, 0.717) is 0 Å². The highest BCUT2D eigenvalue weighted by molar-refractivity contribution is 6.11. The third-order valence-electron chi connectivity index (χ3n) is 11.7. The second-order valence-electron chi connectivity index (χ2n) is 15.0. The van der Waals surface area contributed by atoms with Crippen LogP contribution in [0, 0.1) is 5.92 Å². The Bertz CT molecular complexity index is 2280. The van der Waals surface area contributed by atoms with Gasteiger partial charge in [-0.25, -0.2) is 0 Å². The molecule has 5 heteroatoms. The minimum Gasteiger partial charge on any atom is -0.496 e. The summed E-state index contributed by atoms with van der Waals surface area (Å²) in [6.07, 6.45) is 11.3. The molecule has 1 saturated heterocycles. The summed E-state index contributed by atoms with van der Waals surface area (Å²) >= 11 is 0. The standard InChI is InChI=1S/C47H45NO4/c1-30-28-34(17-21-40(30)49-4)47(33-15-18-35(19-16-33)48-24-26-51-27-25-48)23-22-38-44-42(37-12-9-13-41(50-5)43(37)45(38)52-47)36-20-14-32(29-39(36)46(44,2)3)31-10-7-6-8-11-31/h6-23,28-30,40H,24-27H2,1-5H3. The average Bonchev–Trinajstić information content (AvgIpc) is 3.44. The second kappa shape index (κ2) is 12.5. The van der Waals surface area contributed by atoms with Gasteiger partial charge in [-0.15, -0.1) is 0 Å². The van der Waals surface area contributed by atoms with Crippen LogP contribution >= 0.6 is 0 Å². The lowest BCUT2D eigenvalue weighted by molar-refractivity contribution is 0.107. The highest BCUT2D eigenvalue weighted by Crippen LogP contribution is 2.60. The molecule has 0 aromatic heterocycles. The molecule has 52 heavy (non-hydrogen) atoms. The van der Waals surface area contributed by atoms with Gasteiger partial charge in [0, 0.05) is 53.9 Å². The first kappa shape index (κ1) is 32.8. The molecule has 1 fully saturated rings. The van der Waals surface area contributed by atoms with Crippen molar-refractivity contribution in [3.05, 3.63) is 143 Å². The zero-order valence-electron chi connectivity index (χ0n) is 30.6. The highest BCUT2D eigenvalue weighted by atomic mass is 16.5. The van der Waals surface area contributed by atoms with Crippen molar-refractivity contribution in [3.8, 4) is 33.8 Å². The third kappa shape index (κ3) is 4.97. The van der Waals surface area contributed by atoms with E-state index in [-0.39, 0.29) is 17.4 Å². The molecule has 9 rings (SSSR count). The second-order valence-corrected chi connectivity index (χ2v) is 15.0. The summed E-state index contributed by atoms with van der Waals surface area (Å²) in [4.78, 5) is 2.39. The maximum atomic E-state index is 7.65. The Balaban J connectivity index is 1.26. The van der Waals surface area contributed by atoms with Crippen molar-refractivity contribution < 1.29 is 18.9 Å². The van der Waals surface area contributed by atoms with Gasteiger partial charge in [0.15, 0.2) is 5.60 Å². The number of methoxy groups -OCH3 is 2. The maximum Gasteiger partial charge on any atom is 0.177 e. The van der Waals surface area contributed by atoms with Crippen LogP contribution in [0.3, 0.4) is 0 Å². The lowest BCUT2D eigenvalue weighted by Crippen LogP contribution is -2.38. The predicted octanol–water partition coefficient (Wildman–Crippen LogP) is 10.1. The number of fused-ring (bicyclic) bond motifs is 8. The Labute approximate surface area is 306 Å². The van der Waals surface area contributed by atoms with Gasteiger partial charge >= 0.3 is 0 Å². The van der Waals surface area contributed by atoms with Crippen molar-refractivity contribution >= 4 is 22.5 Å². The normalized spacial score (nSPS) is 22.7. The van der Waals surface area contributed by atoms with Crippen LogP contribution in [0.15, 0.2) is 121 Å². The molecule has 4 aliphatic rings. The van der Waals surface area contributed by atoms with Crippen LogP contribution in [0.1, 0.15) is 43.0 Å². The molecule has 0 saturated carbocycles. The van der Waals surface area contributed by atoms with Crippen molar-refractivity contribution in [2.45, 2.75) is 37.9 Å². The van der Waals surface area contributed by atoms with Gasteiger partial charge in [-0.1, -0.05) is 112 Å². The number of benzene rings is 5. The minimum atomic E-state index is -0.877. The smallest absolute Gasteiger partial charge is 0.177 e. The lowest BCUT2D eigenvalue weighted by atomic mass is 9.75. The van der Waals surface area contributed by atoms with E-state index in [9.17, 15) is 0 Å². The Morgan fingerprint density at radius 2 is 1.62 bits per heavy atom. The fraction of sp³-hybridized carbons (Fsp3) is 0.277. The molecule has 3 unspecified atom stereocenters. The van der Waals surface area contributed by atoms with E-state index in [0.717, 1.165) is 65.3 Å². The molecule has 0 radical (unpaired) electrons. The Morgan fingerprint density at radius 1 is 0.827 bits per heavy atom. The van der Waals surface area contributed by atoms with Gasteiger partial charge in [0.05, 0.1) is 31.8 Å². The molecular formula is C47H45NO4. The van der Waals surface area contributed by atoms with Crippen LogP contribution in [0.25, 0.3) is 39.1 Å². The van der Waals surface area contributed by atoms with E-state index < -0.39 is 5.60 Å². The zero-order valence-corrected chi connectivity index (χ0v) is 30.6. The summed E-state index contributed by atoms with van der Waals surface area (Å²) in [6, 6.07) is 33.0. The molecule has 0 N–H and O–H groups in total. The molecular weight excluding hydrogens is 643 g/mol. The van der Waals surface area contributed by atoms with Crippen LogP contribution in [0.4, 0.5) is 5.69 Å². The number of hydrogen-bond acceptors (Lipinski definition) is 5. The van der Waals surface area contributed by atoms with Gasteiger partial charge in [-0.2, -0.15) is 0 Å². The maximum absolute atomic E-state index is 7.65. The summed E-state index contributed by atoms with van der Waals surface area (Å²) < 4.78 is 25.3. The van der Waals surface area contributed by atoms with Crippen LogP contribution in [-0.4, -0.2) is 46.6 Å². The van der Waals surface area contributed by atoms with Crippen LogP contribution in [0.5, 0.6) is 11.5 Å². The van der Waals surface area contributed by atoms with Crippen molar-refractivity contribution in [2.75, 3.05) is 45.4 Å². The first-order chi connectivity index (χ1) is 25.3. The highest BCUT2D eigenvalue weighted by Gasteiger charge is 2.46. The molecule has 262 valence electrons. The van der Waals surface area contributed by atoms with E-state index in [1.165, 1.54) is 39.1 Å². The first-order valence-corrected chi connectivity index (χ1v) is 18.5. The summed E-state index contributed by atoms with van der Waals surface area (Å²) in [6.45, 7) is 10.2. The van der Waals surface area contributed by atoms with Gasteiger partial charge in [0.1, 0.15) is 11.5 Å². The van der Waals surface area contributed by atoms with Gasteiger partial charge in [-0.3, -0.25) is 0 Å². The topological polar surface area (TPSA) is 40.2 Å². The molecule has 5 aromatic carbocycles. The van der Waals surface area contributed by atoms with E-state index in [1.807, 2.05) is 0 Å². The lowest BCUT2D eigenvalue weighted by Gasteiger charge is -2.40. The monoisotopic (exact) mass is 687 g/mol. The molecule has 5 aromatic rings. The summed E-state index contributed by atoms with van der Waals surface area (Å²) in [5.74, 6) is 1.83. The summed E-state index contributed by atoms with van der Waals surface area (Å²) in [7, 11) is 3.53. The Hall–Kier alpha value is -5.10. The number of anilines is 1. The molecule has 0 spiro atoms. The minimum absolute atomic E-state index is 0.00799. The van der Waals surface area contributed by atoms with Crippen molar-refractivity contribution in [3.63, 3.8) is 0 Å². The summed E-state index contributed by atoms with van der Waals surface area (Å²) in [5, 5.41) is 2.14. The molecule has 2 aliphatic heterocycles. The van der Waals surface area contributed by atoms with Gasteiger partial charge in [0.25, 0.3) is 0 Å². The number of rotatable bonds is 6. The number of morpholine rings is 1. The van der Waals surface area contributed by atoms with Gasteiger partial charge in [-0.05, 0) is 69.1 Å². The van der Waals surface area contributed by atoms with Crippen molar-refractivity contribution in [1.29, 1.82) is 0 Å². The zero-order chi connectivity index (χ0) is 35.6. The molecule has 5 nitrogen and oxygen atoms in total. The molecule has 3 atom stereocenters. The molecule has 0 amide bonds. The number of ether oxygens (including phenoxy) is 4. The van der Waals surface area contributed by atoms with Crippen LogP contribution < -0.4 is 14.4 Å². The average molecular weight is 688 g/mol. The first-order valence-electron chi connectivity index (χ1n) is 18.5. The quantitative estimate of drug-likeness (QED) is 0.178. The molecule has 2 heterocycles. The van der Waals surface area contributed by atoms with E-state index in [4.69, 9.17) is 18.9 Å². The SMILES string of the molecule is COc1cccc2c3c(c4c(c12)OC(C1=CC(C)C(OC)C=C1)(c1ccc(N2CCOCC2)cc1)C=C4)C(C)(C)c1cc(-c2ccccc2)ccc1-3. The number of nitrogens with zero attached hydrogens (tertiary/aromatic N) is 1. The molecule has 0 bridgehead atoms. The Kier molecular flexibility index (Phi) is 7.91. The van der Waals surface area contributed by atoms with E-state index in [2.05, 4.69) is 147 Å². The fourth-order valence-electron chi connectivity index (χ4n) is 9.04. The molecule has 2 aliphatic carbocycles. The third-order valence-corrected chi connectivity index (χ3v) is 11.7. The summed E-state index contributed by atoms with van der Waals surface area (Å²) in [5.41, 5.74) is 10.9. The Morgan fingerprint density at radius 3 is 2.35 bits per heavy atom. The van der Waals surface area contributed by atoms with E-state index >= 15 is 0 Å². The van der Waals surface area contributed by atoms with Crippen LogP contribution in [-0.2, 0) is 20.5 Å². The number of hydrogen-bond donors (Lipinski definition) is 0. The van der Waals surface area contributed by atoms with Crippen LogP contribution in [0.2, 0.25) is 0 Å². The largest absolute Gasteiger partial charge is 0.496 e. The predicted molar refractivity (Wildman–Crippen MR) is 211 cm³/mol. The van der Waals surface area contributed by atoms with Gasteiger partial charge < -0.3 is 23.8 Å². The van der Waals surface area contributed by atoms with E-state index in [1.54, 1.807) is 14.2 Å². The van der Waals surface area contributed by atoms with Gasteiger partial charge in [0.2, 0.25) is 0 Å². The van der Waals surface area contributed by atoms with Crippen molar-refractivity contribution in [2.24, 2.45) is 5.92 Å². The van der Waals surface area contributed by atoms with Crippen molar-refractivity contribution in [1.82, 2.24) is 0 Å². The fourth-order valence-corrected chi connectivity index (χ4v) is 9.04.